The molecule has 1 rings (SSSR count). The zero-order chi connectivity index (χ0) is 12.2. The Hall–Kier alpha value is 0.394. The van der Waals surface area contributed by atoms with Crippen molar-refractivity contribution in [3.8, 4) is 0 Å². The second kappa shape index (κ2) is 5.83. The predicted octanol–water partition coefficient (Wildman–Crippen LogP) is 4.68. The molecule has 0 aliphatic carbocycles. The van der Waals surface area contributed by atoms with Crippen LogP contribution >= 0.6 is 0 Å². The summed E-state index contributed by atoms with van der Waals surface area (Å²) in [4.78, 5) is 0. The zero-order valence-electron chi connectivity index (χ0n) is 12.1. The molecule has 0 unspecified atom stereocenters. The summed E-state index contributed by atoms with van der Waals surface area (Å²) in [6, 6.07) is 9.23. The quantitative estimate of drug-likeness (QED) is 0.624. The minimum absolute atomic E-state index is 1.01. The van der Waals surface area contributed by atoms with Crippen LogP contribution in [-0.4, -0.2) is 27.2 Å². The van der Waals surface area contributed by atoms with Gasteiger partial charge < -0.3 is 4.23 Å². The maximum atomic E-state index is 3.17. The van der Waals surface area contributed by atoms with Crippen LogP contribution in [0.25, 0.3) is 0 Å². The van der Waals surface area contributed by atoms with Gasteiger partial charge in [-0.25, -0.2) is 0 Å². The van der Waals surface area contributed by atoms with Crippen LogP contribution in [0.15, 0.2) is 0 Å². The fourth-order valence-corrected chi connectivity index (χ4v) is 20.1. The minimum atomic E-state index is -1.01. The Morgan fingerprint density at radius 1 is 0.750 bits per heavy atom. The molecular weight excluding hydrogens is 226 g/mol. The lowest BCUT2D eigenvalue weighted by molar-refractivity contribution is 0.590. The molecule has 1 aliphatic heterocycles. The molecule has 0 saturated carbocycles. The van der Waals surface area contributed by atoms with E-state index in [1.54, 1.807) is 12.1 Å². The topological polar surface area (TPSA) is 3.24 Å². The molecule has 0 atom stereocenters. The van der Waals surface area contributed by atoms with Crippen LogP contribution in [0.4, 0.5) is 0 Å². The van der Waals surface area contributed by atoms with Crippen LogP contribution in [0.5, 0.6) is 0 Å². The Kier molecular flexibility index (Phi) is 5.26. The van der Waals surface area contributed by atoms with Crippen molar-refractivity contribution in [1.82, 2.24) is 4.23 Å². The van der Waals surface area contributed by atoms with Crippen LogP contribution < -0.4 is 0 Å². The van der Waals surface area contributed by atoms with Gasteiger partial charge in [-0.15, -0.1) is 0 Å². The smallest absolute Gasteiger partial charge is 0.121 e. The highest BCUT2D eigenvalue weighted by Gasteiger charge is 2.53. The molecule has 1 nitrogen and oxygen atoms in total. The van der Waals surface area contributed by atoms with Crippen molar-refractivity contribution in [2.75, 3.05) is 6.54 Å². The van der Waals surface area contributed by atoms with Gasteiger partial charge in [0.1, 0.15) is 16.5 Å². The third kappa shape index (κ3) is 2.18. The molecule has 0 spiro atoms. The van der Waals surface area contributed by atoms with Crippen LogP contribution in [0, 0.1) is 0 Å². The minimum Gasteiger partial charge on any atom is -0.345 e. The lowest BCUT2D eigenvalue weighted by Crippen LogP contribution is -2.59. The van der Waals surface area contributed by atoms with Gasteiger partial charge in [0.15, 0.2) is 0 Å². The van der Waals surface area contributed by atoms with E-state index in [0.29, 0.717) is 0 Å². The van der Waals surface area contributed by atoms with Gasteiger partial charge in [-0.05, 0) is 49.2 Å². The third-order valence-corrected chi connectivity index (χ3v) is 19.0. The van der Waals surface area contributed by atoms with Gasteiger partial charge in [0.05, 0.1) is 0 Å². The molecule has 0 bridgehead atoms. The molecule has 0 aromatic carbocycles. The van der Waals surface area contributed by atoms with Gasteiger partial charge >= 0.3 is 0 Å². The summed E-state index contributed by atoms with van der Waals surface area (Å²) in [6.45, 7) is 13.7. The van der Waals surface area contributed by atoms with Gasteiger partial charge in [-0.2, -0.15) is 0 Å². The largest absolute Gasteiger partial charge is 0.345 e. The summed E-state index contributed by atoms with van der Waals surface area (Å²) in [5.41, 5.74) is 0. The molecule has 1 fully saturated rings. The molecule has 0 aromatic heterocycles. The zero-order valence-corrected chi connectivity index (χ0v) is 14.1. The molecule has 0 radical (unpaired) electrons. The SMILES string of the molecule is CCCN1[Si](CC)(CC)CC[Si]1(CC)CC. The van der Waals surface area contributed by atoms with Gasteiger partial charge in [-0.3, -0.25) is 0 Å². The standard InChI is InChI=1S/C13H31NSi2/c1-6-11-14-15(7-2,8-3)12-13-16(14,9-4)10-5/h6-13H2,1-5H3. The van der Waals surface area contributed by atoms with E-state index in [-0.39, 0.29) is 0 Å². The summed E-state index contributed by atoms with van der Waals surface area (Å²) >= 11 is 0. The van der Waals surface area contributed by atoms with E-state index in [0.717, 1.165) is 0 Å². The van der Waals surface area contributed by atoms with E-state index in [1.165, 1.54) is 37.1 Å². The molecule has 16 heavy (non-hydrogen) atoms. The van der Waals surface area contributed by atoms with Crippen molar-refractivity contribution < 1.29 is 0 Å². The summed E-state index contributed by atoms with van der Waals surface area (Å²) in [5.74, 6) is 0. The first-order valence-corrected chi connectivity index (χ1v) is 12.6. The lowest BCUT2D eigenvalue weighted by Gasteiger charge is -2.45. The summed E-state index contributed by atoms with van der Waals surface area (Å²) < 4.78 is 3.17. The maximum Gasteiger partial charge on any atom is 0.121 e. The monoisotopic (exact) mass is 257 g/mol. The highest BCUT2D eigenvalue weighted by molar-refractivity contribution is 6.97. The van der Waals surface area contributed by atoms with Crippen molar-refractivity contribution >= 4 is 16.5 Å². The van der Waals surface area contributed by atoms with Crippen molar-refractivity contribution in [3.05, 3.63) is 0 Å². The molecular formula is C13H31NSi2. The van der Waals surface area contributed by atoms with Crippen LogP contribution in [0.1, 0.15) is 41.0 Å². The number of rotatable bonds is 6. The Bertz CT molecular complexity index is 190. The average Bonchev–Trinajstić information content (AvgIpc) is 2.65. The van der Waals surface area contributed by atoms with Crippen LogP contribution in [-0.2, 0) is 0 Å². The summed E-state index contributed by atoms with van der Waals surface area (Å²) in [7, 11) is -2.03. The molecule has 0 N–H and O–H groups in total. The van der Waals surface area contributed by atoms with E-state index >= 15 is 0 Å². The summed E-state index contributed by atoms with van der Waals surface area (Å²) in [5, 5.41) is 0. The Balaban J connectivity index is 2.99. The van der Waals surface area contributed by atoms with Crippen molar-refractivity contribution in [2.45, 2.75) is 77.3 Å². The van der Waals surface area contributed by atoms with Gasteiger partial charge in [0.25, 0.3) is 0 Å². The van der Waals surface area contributed by atoms with E-state index in [9.17, 15) is 0 Å². The first kappa shape index (κ1) is 14.5. The molecule has 96 valence electrons. The summed E-state index contributed by atoms with van der Waals surface area (Å²) in [6.07, 6.45) is 1.36. The van der Waals surface area contributed by atoms with Gasteiger partial charge in [-0.1, -0.05) is 34.6 Å². The third-order valence-electron chi connectivity index (χ3n) is 5.28. The van der Waals surface area contributed by atoms with Crippen molar-refractivity contribution in [1.29, 1.82) is 0 Å². The molecule has 3 heteroatoms. The Morgan fingerprint density at radius 3 is 1.38 bits per heavy atom. The molecule has 1 aliphatic rings. The van der Waals surface area contributed by atoms with Gasteiger partial charge in [0, 0.05) is 0 Å². The highest BCUT2D eigenvalue weighted by atomic mass is 28.4. The van der Waals surface area contributed by atoms with E-state index in [1.807, 2.05) is 0 Å². The van der Waals surface area contributed by atoms with Crippen molar-refractivity contribution in [2.24, 2.45) is 0 Å². The molecule has 0 aromatic rings. The second-order valence-electron chi connectivity index (χ2n) is 5.51. The van der Waals surface area contributed by atoms with Crippen LogP contribution in [0.3, 0.4) is 0 Å². The van der Waals surface area contributed by atoms with Gasteiger partial charge in [0.2, 0.25) is 0 Å². The lowest BCUT2D eigenvalue weighted by atomic mass is 10.5. The molecule has 1 heterocycles. The number of nitrogens with zero attached hydrogens (tertiary/aromatic N) is 1. The van der Waals surface area contributed by atoms with Crippen molar-refractivity contribution in [3.63, 3.8) is 0 Å². The number of hydrogen-bond acceptors (Lipinski definition) is 1. The molecule has 1 saturated heterocycles. The first-order valence-electron chi connectivity index (χ1n) is 7.42. The number of hydrogen-bond donors (Lipinski definition) is 0. The predicted molar refractivity (Wildman–Crippen MR) is 80.0 cm³/mol. The fourth-order valence-electron chi connectivity index (χ4n) is 3.91. The van der Waals surface area contributed by atoms with E-state index < -0.39 is 16.5 Å². The first-order chi connectivity index (χ1) is 7.64. The van der Waals surface area contributed by atoms with E-state index in [4.69, 9.17) is 0 Å². The normalized spacial score (nSPS) is 23.8. The molecule has 0 amide bonds. The maximum absolute atomic E-state index is 3.17. The Labute approximate surface area is 105 Å². The van der Waals surface area contributed by atoms with Crippen LogP contribution in [0.2, 0.25) is 36.3 Å². The Morgan fingerprint density at radius 2 is 1.12 bits per heavy atom. The van der Waals surface area contributed by atoms with E-state index in [2.05, 4.69) is 38.8 Å². The second-order valence-corrected chi connectivity index (χ2v) is 15.8. The average molecular weight is 258 g/mol. The fraction of sp³-hybridized carbons (Fsp3) is 1.00. The highest BCUT2D eigenvalue weighted by Crippen LogP contribution is 2.44.